The number of nitrogens with one attached hydrogen (secondary N) is 2. The summed E-state index contributed by atoms with van der Waals surface area (Å²) in [6, 6.07) is 6.39. The van der Waals surface area contributed by atoms with Crippen molar-refractivity contribution in [1.29, 1.82) is 0 Å². The molecule has 9 heteroatoms. The number of nitrogens with zero attached hydrogens (tertiary/aromatic N) is 4. The van der Waals surface area contributed by atoms with Gasteiger partial charge in [0.25, 0.3) is 0 Å². The lowest BCUT2D eigenvalue weighted by Gasteiger charge is -2.19. The van der Waals surface area contributed by atoms with E-state index < -0.39 is 0 Å². The number of rotatable bonds is 10. The monoisotopic (exact) mass is 444 g/mol. The summed E-state index contributed by atoms with van der Waals surface area (Å²) in [5.41, 5.74) is 1.19. The first-order valence-corrected chi connectivity index (χ1v) is 11.2. The third kappa shape index (κ3) is 6.85. The summed E-state index contributed by atoms with van der Waals surface area (Å²) in [5, 5.41) is 10.9. The Morgan fingerprint density at radius 1 is 1.25 bits per heavy atom. The van der Waals surface area contributed by atoms with Gasteiger partial charge in [-0.1, -0.05) is 19.0 Å². The van der Waals surface area contributed by atoms with E-state index >= 15 is 0 Å². The van der Waals surface area contributed by atoms with Crippen LogP contribution in [0, 0.1) is 0 Å². The van der Waals surface area contributed by atoms with Crippen LogP contribution in [-0.2, 0) is 13.0 Å². The summed E-state index contributed by atoms with van der Waals surface area (Å²) in [6.07, 6.45) is 2.72. The van der Waals surface area contributed by atoms with Crippen molar-refractivity contribution < 1.29 is 14.0 Å². The number of guanidine groups is 1. The lowest BCUT2D eigenvalue weighted by molar-refractivity contribution is 0.321. The predicted molar refractivity (Wildman–Crippen MR) is 124 cm³/mol. The number of methoxy groups -OCH3 is 2. The second kappa shape index (κ2) is 11.7. The van der Waals surface area contributed by atoms with Crippen molar-refractivity contribution in [1.82, 2.24) is 25.7 Å². The largest absolute Gasteiger partial charge is 0.497 e. The van der Waals surface area contributed by atoms with Gasteiger partial charge in [0.2, 0.25) is 5.89 Å². The molecule has 1 aliphatic rings. The number of hydrogen-bond donors (Lipinski definition) is 2. The highest BCUT2D eigenvalue weighted by Crippen LogP contribution is 2.24. The predicted octanol–water partition coefficient (Wildman–Crippen LogP) is 2.58. The van der Waals surface area contributed by atoms with Crippen molar-refractivity contribution in [3.8, 4) is 11.5 Å². The Kier molecular flexibility index (Phi) is 8.72. The first-order valence-electron chi connectivity index (χ1n) is 11.2. The molecule has 0 bridgehead atoms. The number of ether oxygens (including phenoxy) is 2. The van der Waals surface area contributed by atoms with Gasteiger partial charge in [-0.15, -0.1) is 0 Å². The number of aliphatic imine (C=N–C) groups is 1. The van der Waals surface area contributed by atoms with E-state index in [1.165, 1.54) is 5.56 Å². The van der Waals surface area contributed by atoms with E-state index in [-0.39, 0.29) is 5.92 Å². The molecule has 1 fully saturated rings. The molecule has 176 valence electrons. The average molecular weight is 445 g/mol. The second-order valence-corrected chi connectivity index (χ2v) is 8.39. The number of hydrogen-bond acceptors (Lipinski definition) is 7. The molecule has 0 spiro atoms. The Bertz CT molecular complexity index is 860. The van der Waals surface area contributed by atoms with Crippen LogP contribution in [0.15, 0.2) is 27.7 Å². The molecule has 2 aromatic rings. The molecule has 0 saturated carbocycles. The topological polar surface area (TPSA) is 97.0 Å². The maximum Gasteiger partial charge on any atom is 0.226 e. The fraction of sp³-hybridized carbons (Fsp3) is 0.609. The number of aromatic nitrogens is 2. The van der Waals surface area contributed by atoms with Crippen molar-refractivity contribution in [3.05, 3.63) is 35.5 Å². The summed E-state index contributed by atoms with van der Waals surface area (Å²) < 4.78 is 16.1. The Morgan fingerprint density at radius 3 is 2.62 bits per heavy atom. The molecule has 1 aromatic carbocycles. The van der Waals surface area contributed by atoms with Crippen molar-refractivity contribution in [2.24, 2.45) is 4.99 Å². The molecular formula is C23H36N6O3. The van der Waals surface area contributed by atoms with Gasteiger partial charge >= 0.3 is 0 Å². The summed E-state index contributed by atoms with van der Waals surface area (Å²) in [5.74, 6) is 4.21. The lowest BCUT2D eigenvalue weighted by atomic mass is 10.2. The third-order valence-electron chi connectivity index (χ3n) is 5.51. The minimum Gasteiger partial charge on any atom is -0.497 e. The minimum atomic E-state index is 0.283. The van der Waals surface area contributed by atoms with Crippen LogP contribution < -0.4 is 20.1 Å². The minimum absolute atomic E-state index is 0.283. The van der Waals surface area contributed by atoms with E-state index in [1.807, 2.05) is 6.07 Å². The summed E-state index contributed by atoms with van der Waals surface area (Å²) in [6.45, 7) is 7.76. The van der Waals surface area contributed by atoms with E-state index in [1.54, 1.807) is 21.3 Å². The van der Waals surface area contributed by atoms with Crippen molar-refractivity contribution in [2.45, 2.75) is 51.6 Å². The molecule has 1 saturated heterocycles. The molecule has 32 heavy (non-hydrogen) atoms. The average Bonchev–Trinajstić information content (AvgIpc) is 3.45. The number of aryl methyl sites for hydroxylation is 1. The maximum atomic E-state index is 5.39. The summed E-state index contributed by atoms with van der Waals surface area (Å²) >= 11 is 0. The second-order valence-electron chi connectivity index (χ2n) is 8.39. The van der Waals surface area contributed by atoms with Crippen LogP contribution in [-0.4, -0.2) is 67.9 Å². The maximum absolute atomic E-state index is 5.39. The van der Waals surface area contributed by atoms with Crippen molar-refractivity contribution in [3.63, 3.8) is 0 Å². The number of likely N-dealkylation sites (tertiary alicyclic amines) is 1. The quantitative estimate of drug-likeness (QED) is 0.328. The van der Waals surface area contributed by atoms with E-state index in [9.17, 15) is 0 Å². The Labute approximate surface area is 190 Å². The molecule has 3 rings (SSSR count). The molecule has 0 amide bonds. The van der Waals surface area contributed by atoms with Gasteiger partial charge in [0, 0.05) is 57.7 Å². The van der Waals surface area contributed by atoms with Gasteiger partial charge < -0.3 is 24.6 Å². The Morgan fingerprint density at radius 2 is 2.00 bits per heavy atom. The summed E-state index contributed by atoms with van der Waals surface area (Å²) in [4.78, 5) is 11.2. The molecule has 2 heterocycles. The van der Waals surface area contributed by atoms with E-state index in [0.717, 1.165) is 68.7 Å². The normalized spacial score (nSPS) is 17.1. The molecular weight excluding hydrogens is 408 g/mol. The molecule has 1 aliphatic heterocycles. The zero-order valence-corrected chi connectivity index (χ0v) is 19.9. The fourth-order valence-corrected chi connectivity index (χ4v) is 3.75. The van der Waals surface area contributed by atoms with E-state index in [2.05, 4.69) is 56.6 Å². The van der Waals surface area contributed by atoms with Crippen LogP contribution >= 0.6 is 0 Å². The fourth-order valence-electron chi connectivity index (χ4n) is 3.75. The molecule has 1 atom stereocenters. The van der Waals surface area contributed by atoms with E-state index in [0.29, 0.717) is 11.9 Å². The van der Waals surface area contributed by atoms with Crippen molar-refractivity contribution in [2.75, 3.05) is 40.9 Å². The van der Waals surface area contributed by atoms with Gasteiger partial charge in [-0.2, -0.15) is 4.98 Å². The smallest absolute Gasteiger partial charge is 0.226 e. The van der Waals surface area contributed by atoms with Crippen LogP contribution in [0.4, 0.5) is 0 Å². The molecule has 0 radical (unpaired) electrons. The highest BCUT2D eigenvalue weighted by Gasteiger charge is 2.23. The molecule has 9 nitrogen and oxygen atoms in total. The Balaban J connectivity index is 1.40. The lowest BCUT2D eigenvalue weighted by Crippen LogP contribution is -2.44. The SMILES string of the molecule is CN=C(NCCCc1nc(C(C)C)no1)NC1CCN(Cc2cc(OC)cc(OC)c2)C1. The van der Waals surface area contributed by atoms with Gasteiger partial charge in [0.05, 0.1) is 14.2 Å². The van der Waals surface area contributed by atoms with Crippen molar-refractivity contribution >= 4 is 5.96 Å². The molecule has 0 aliphatic carbocycles. The number of benzene rings is 1. The van der Waals surface area contributed by atoms with Gasteiger partial charge in [-0.25, -0.2) is 0 Å². The van der Waals surface area contributed by atoms with E-state index in [4.69, 9.17) is 14.0 Å². The first-order chi connectivity index (χ1) is 15.5. The van der Waals surface area contributed by atoms with Crippen LogP contribution in [0.25, 0.3) is 0 Å². The van der Waals surface area contributed by atoms with Gasteiger partial charge in [-0.05, 0) is 30.5 Å². The first kappa shape index (κ1) is 23.8. The van der Waals surface area contributed by atoms with Gasteiger partial charge in [0.1, 0.15) is 11.5 Å². The third-order valence-corrected chi connectivity index (χ3v) is 5.51. The zero-order chi connectivity index (χ0) is 22.9. The van der Waals surface area contributed by atoms with Gasteiger partial charge in [-0.3, -0.25) is 9.89 Å². The van der Waals surface area contributed by atoms with Crippen LogP contribution in [0.5, 0.6) is 11.5 Å². The van der Waals surface area contributed by atoms with Crippen LogP contribution in [0.2, 0.25) is 0 Å². The standard InChI is InChI=1S/C23H36N6O3/c1-16(2)22-27-21(32-28-22)7-6-9-25-23(24-3)26-18-8-10-29(15-18)14-17-11-19(30-4)13-20(12-17)31-5/h11-13,16,18H,6-10,14-15H2,1-5H3,(H2,24,25,26). The van der Waals surface area contributed by atoms with Gasteiger partial charge in [0.15, 0.2) is 11.8 Å². The van der Waals surface area contributed by atoms with Crippen LogP contribution in [0.3, 0.4) is 0 Å². The molecule has 2 N–H and O–H groups in total. The highest BCUT2D eigenvalue weighted by atomic mass is 16.5. The highest BCUT2D eigenvalue weighted by molar-refractivity contribution is 5.80. The molecule has 1 aromatic heterocycles. The van der Waals surface area contributed by atoms with Crippen LogP contribution in [0.1, 0.15) is 49.9 Å². The zero-order valence-electron chi connectivity index (χ0n) is 19.9. The summed E-state index contributed by atoms with van der Waals surface area (Å²) in [7, 11) is 5.16. The Hall–Kier alpha value is -2.81. The molecule has 1 unspecified atom stereocenters.